The van der Waals surface area contributed by atoms with E-state index >= 15 is 0 Å². The number of halogens is 2. The van der Waals surface area contributed by atoms with E-state index in [1.165, 1.54) is 11.3 Å². The molecule has 4 heteroatoms. The molecule has 0 aliphatic rings. The number of hydrogen-bond acceptors (Lipinski definition) is 2. The highest BCUT2D eigenvalue weighted by molar-refractivity contribution is 7.17. The van der Waals surface area contributed by atoms with Gasteiger partial charge in [0.2, 0.25) is 0 Å². The van der Waals surface area contributed by atoms with Crippen molar-refractivity contribution >= 4 is 40.3 Å². The lowest BCUT2D eigenvalue weighted by Crippen LogP contribution is -1.83. The zero-order valence-electron chi connectivity index (χ0n) is 8.46. The minimum Gasteiger partial charge on any atom is -0.294 e. The van der Waals surface area contributed by atoms with Gasteiger partial charge in [-0.1, -0.05) is 29.3 Å². The van der Waals surface area contributed by atoms with Crippen molar-refractivity contribution in [1.29, 1.82) is 0 Å². The van der Waals surface area contributed by atoms with Gasteiger partial charge in [-0.25, -0.2) is 0 Å². The molecular weight excluding hydrogens is 263 g/mol. The Hall–Kier alpha value is -0.830. The second-order valence-corrected chi connectivity index (χ2v) is 5.21. The van der Waals surface area contributed by atoms with Gasteiger partial charge in [-0.2, -0.15) is 0 Å². The van der Waals surface area contributed by atoms with E-state index in [-0.39, 0.29) is 5.78 Å². The van der Waals surface area contributed by atoms with Gasteiger partial charge in [0, 0.05) is 10.4 Å². The summed E-state index contributed by atoms with van der Waals surface area (Å²) >= 11 is 13.6. The fraction of sp³-hybridized carbons (Fsp3) is 0.0833. The van der Waals surface area contributed by atoms with E-state index in [9.17, 15) is 4.79 Å². The molecule has 0 bridgehead atoms. The molecule has 2 rings (SSSR count). The predicted octanol–water partition coefficient (Wildman–Crippen LogP) is 4.92. The van der Waals surface area contributed by atoms with E-state index in [0.29, 0.717) is 14.9 Å². The van der Waals surface area contributed by atoms with Crippen molar-refractivity contribution in [3.8, 4) is 10.4 Å². The molecule has 1 aromatic heterocycles. The SMILES string of the molecule is CC(=O)c1ccc(-c2c(Cl)cccc2Cl)s1. The molecule has 0 atom stereocenters. The van der Waals surface area contributed by atoms with Crippen LogP contribution in [0.3, 0.4) is 0 Å². The number of ketones is 1. The molecular formula is C12H8Cl2OS. The van der Waals surface area contributed by atoms with E-state index in [0.717, 1.165) is 10.4 Å². The molecule has 1 nitrogen and oxygen atoms in total. The van der Waals surface area contributed by atoms with Gasteiger partial charge in [0.1, 0.15) is 0 Å². The highest BCUT2D eigenvalue weighted by Crippen LogP contribution is 2.38. The van der Waals surface area contributed by atoms with Crippen LogP contribution in [0, 0.1) is 0 Å². The molecule has 0 saturated carbocycles. The highest BCUT2D eigenvalue weighted by atomic mass is 35.5. The van der Waals surface area contributed by atoms with Crippen molar-refractivity contribution in [3.63, 3.8) is 0 Å². The van der Waals surface area contributed by atoms with Crippen LogP contribution < -0.4 is 0 Å². The van der Waals surface area contributed by atoms with Crippen LogP contribution in [0.15, 0.2) is 30.3 Å². The summed E-state index contributed by atoms with van der Waals surface area (Å²) in [5, 5.41) is 1.20. The molecule has 0 aliphatic carbocycles. The van der Waals surface area contributed by atoms with Crippen LogP contribution in [0.25, 0.3) is 10.4 Å². The maximum absolute atomic E-state index is 11.2. The van der Waals surface area contributed by atoms with Gasteiger partial charge in [-0.15, -0.1) is 11.3 Å². The fourth-order valence-electron chi connectivity index (χ4n) is 1.39. The van der Waals surface area contributed by atoms with Gasteiger partial charge in [-0.05, 0) is 31.2 Å². The number of carbonyl (C=O) groups excluding carboxylic acids is 1. The number of carbonyl (C=O) groups is 1. The Bertz CT molecular complexity index is 525. The average molecular weight is 271 g/mol. The molecule has 0 fully saturated rings. The van der Waals surface area contributed by atoms with Gasteiger partial charge >= 0.3 is 0 Å². The molecule has 82 valence electrons. The third-order valence-corrected chi connectivity index (χ3v) is 4.00. The third-order valence-electron chi connectivity index (χ3n) is 2.16. The summed E-state index contributed by atoms with van der Waals surface area (Å²) in [4.78, 5) is 12.8. The van der Waals surface area contributed by atoms with E-state index < -0.39 is 0 Å². The van der Waals surface area contributed by atoms with E-state index in [1.54, 1.807) is 31.2 Å². The summed E-state index contributed by atoms with van der Waals surface area (Å²) in [6.07, 6.45) is 0. The first-order valence-corrected chi connectivity index (χ1v) is 6.22. The van der Waals surface area contributed by atoms with Crippen molar-refractivity contribution in [2.75, 3.05) is 0 Å². The molecule has 0 saturated heterocycles. The first-order valence-electron chi connectivity index (χ1n) is 4.65. The molecule has 0 N–H and O–H groups in total. The van der Waals surface area contributed by atoms with Gasteiger partial charge < -0.3 is 0 Å². The largest absolute Gasteiger partial charge is 0.294 e. The molecule has 1 aromatic carbocycles. The number of Topliss-reactive ketones (excluding diaryl/α,β-unsaturated/α-hetero) is 1. The fourth-order valence-corrected chi connectivity index (χ4v) is 3.08. The normalized spacial score (nSPS) is 10.4. The first-order chi connectivity index (χ1) is 7.59. The first kappa shape index (κ1) is 11.6. The Labute approximate surface area is 108 Å². The Balaban J connectivity index is 2.54. The van der Waals surface area contributed by atoms with Crippen LogP contribution in [0.1, 0.15) is 16.6 Å². The molecule has 0 amide bonds. The number of benzene rings is 1. The van der Waals surface area contributed by atoms with Gasteiger partial charge in [-0.3, -0.25) is 4.79 Å². The van der Waals surface area contributed by atoms with Gasteiger partial charge in [0.05, 0.1) is 14.9 Å². The Morgan fingerprint density at radius 2 is 1.75 bits per heavy atom. The molecule has 16 heavy (non-hydrogen) atoms. The second-order valence-electron chi connectivity index (χ2n) is 3.32. The molecule has 0 spiro atoms. The van der Waals surface area contributed by atoms with Crippen LogP contribution in [0.4, 0.5) is 0 Å². The van der Waals surface area contributed by atoms with Gasteiger partial charge in [0.15, 0.2) is 5.78 Å². The van der Waals surface area contributed by atoms with Crippen molar-refractivity contribution in [2.45, 2.75) is 6.92 Å². The van der Waals surface area contributed by atoms with Crippen molar-refractivity contribution < 1.29 is 4.79 Å². The second kappa shape index (κ2) is 4.58. The van der Waals surface area contributed by atoms with Crippen molar-refractivity contribution in [3.05, 3.63) is 45.3 Å². The summed E-state index contributed by atoms with van der Waals surface area (Å²) in [5.74, 6) is 0.0550. The quantitative estimate of drug-likeness (QED) is 0.708. The van der Waals surface area contributed by atoms with E-state index in [1.807, 2.05) is 6.07 Å². The van der Waals surface area contributed by atoms with Gasteiger partial charge in [0.25, 0.3) is 0 Å². The number of rotatable bonds is 2. The minimum atomic E-state index is 0.0550. The van der Waals surface area contributed by atoms with Crippen LogP contribution in [0.5, 0.6) is 0 Å². The molecule has 0 unspecified atom stereocenters. The molecule has 0 aliphatic heterocycles. The van der Waals surface area contributed by atoms with E-state index in [2.05, 4.69) is 0 Å². The summed E-state index contributed by atoms with van der Waals surface area (Å²) in [7, 11) is 0. The topological polar surface area (TPSA) is 17.1 Å². The third kappa shape index (κ3) is 2.14. The zero-order chi connectivity index (χ0) is 11.7. The van der Waals surface area contributed by atoms with Crippen LogP contribution >= 0.6 is 34.5 Å². The van der Waals surface area contributed by atoms with Crippen molar-refractivity contribution in [2.24, 2.45) is 0 Å². The summed E-state index contributed by atoms with van der Waals surface area (Å²) in [6, 6.07) is 9.04. The molecule has 0 radical (unpaired) electrons. The summed E-state index contributed by atoms with van der Waals surface area (Å²) in [6.45, 7) is 1.55. The lowest BCUT2D eigenvalue weighted by molar-refractivity contribution is 0.102. The van der Waals surface area contributed by atoms with Crippen molar-refractivity contribution in [1.82, 2.24) is 0 Å². The average Bonchev–Trinajstić information content (AvgIpc) is 2.66. The highest BCUT2D eigenvalue weighted by Gasteiger charge is 2.12. The Morgan fingerprint density at radius 3 is 2.25 bits per heavy atom. The maximum atomic E-state index is 11.2. The smallest absolute Gasteiger partial charge is 0.169 e. The lowest BCUT2D eigenvalue weighted by atomic mass is 10.2. The monoisotopic (exact) mass is 270 g/mol. The molecule has 1 heterocycles. The van der Waals surface area contributed by atoms with Crippen LogP contribution in [-0.2, 0) is 0 Å². The standard InChI is InChI=1S/C12H8Cl2OS/c1-7(15)10-5-6-11(16-10)12-8(13)3-2-4-9(12)14/h2-6H,1H3. The Morgan fingerprint density at radius 1 is 1.12 bits per heavy atom. The summed E-state index contributed by atoms with van der Waals surface area (Å²) < 4.78 is 0. The zero-order valence-corrected chi connectivity index (χ0v) is 10.8. The predicted molar refractivity (Wildman–Crippen MR) is 69.8 cm³/mol. The Kier molecular flexibility index (Phi) is 3.33. The maximum Gasteiger partial charge on any atom is 0.169 e. The van der Waals surface area contributed by atoms with E-state index in [4.69, 9.17) is 23.2 Å². The minimum absolute atomic E-state index is 0.0550. The summed E-state index contributed by atoms with van der Waals surface area (Å²) in [5.41, 5.74) is 0.795. The molecule has 2 aromatic rings. The van der Waals surface area contributed by atoms with Crippen LogP contribution in [-0.4, -0.2) is 5.78 Å². The number of hydrogen-bond donors (Lipinski definition) is 0. The lowest BCUT2D eigenvalue weighted by Gasteiger charge is -2.03. The van der Waals surface area contributed by atoms with Crippen LogP contribution in [0.2, 0.25) is 10.0 Å². The number of thiophene rings is 1.